The lowest BCUT2D eigenvalue weighted by Gasteiger charge is -2.04. The number of carbonyl (C=O) groups is 1. The number of benzene rings is 1. The molecule has 3 heterocycles. The summed E-state index contributed by atoms with van der Waals surface area (Å²) in [5, 5.41) is 16.6. The summed E-state index contributed by atoms with van der Waals surface area (Å²) in [6.07, 6.45) is 5.82. The summed E-state index contributed by atoms with van der Waals surface area (Å²) < 4.78 is 3.76. The maximum Gasteiger partial charge on any atom is 0.272 e. The first kappa shape index (κ1) is 17.2. The molecular weight excluding hydrogens is 340 g/mol. The molecule has 138 valence electrons. The molecule has 1 N–H and O–H groups in total. The normalized spacial score (nSPS) is 11.3. The molecule has 4 aromatic rings. The fraction of sp³-hybridized carbons (Fsp3) is 0.300. The largest absolute Gasteiger partial charge is 0.351 e. The highest BCUT2D eigenvalue weighted by Crippen LogP contribution is 2.17. The number of hydrogen-bond acceptors (Lipinski definition) is 4. The van der Waals surface area contributed by atoms with E-state index >= 15 is 0 Å². The Bertz CT molecular complexity index is 1080. The number of nitrogens with one attached hydrogen (secondary N) is 1. The number of carbonyl (C=O) groups excluding carboxylic acids is 1. The summed E-state index contributed by atoms with van der Waals surface area (Å²) >= 11 is 0. The van der Waals surface area contributed by atoms with Crippen molar-refractivity contribution >= 4 is 22.5 Å². The molecule has 3 aromatic heterocycles. The van der Waals surface area contributed by atoms with Crippen LogP contribution >= 0.6 is 0 Å². The van der Waals surface area contributed by atoms with Crippen LogP contribution in [-0.4, -0.2) is 36.8 Å². The molecule has 0 unspecified atom stereocenters. The average Bonchev–Trinajstić information content (AvgIpc) is 3.26. The maximum absolute atomic E-state index is 12.4. The Kier molecular flexibility index (Phi) is 4.82. The third kappa shape index (κ3) is 3.53. The zero-order chi connectivity index (χ0) is 18.6. The quantitative estimate of drug-likeness (QED) is 0.513. The van der Waals surface area contributed by atoms with Crippen molar-refractivity contribution in [3.63, 3.8) is 0 Å². The molecule has 0 aliphatic rings. The predicted molar refractivity (Wildman–Crippen MR) is 104 cm³/mol. The minimum atomic E-state index is -0.116. The number of pyridine rings is 1. The number of para-hydroxylation sites is 1. The topological polar surface area (TPSA) is 77.1 Å². The molecular formula is C20H22N6O. The fourth-order valence-corrected chi connectivity index (χ4v) is 3.31. The Morgan fingerprint density at radius 1 is 1.04 bits per heavy atom. The monoisotopic (exact) mass is 362 g/mol. The van der Waals surface area contributed by atoms with Crippen LogP contribution in [-0.2, 0) is 13.5 Å². The SMILES string of the molecule is Cn1nc(C(=O)NCCCCCc2nnc3ccccn23)c2ccccc21. The van der Waals surface area contributed by atoms with Crippen LogP contribution in [0.5, 0.6) is 0 Å². The molecule has 0 fully saturated rings. The highest BCUT2D eigenvalue weighted by Gasteiger charge is 2.14. The van der Waals surface area contributed by atoms with Gasteiger partial charge in [0, 0.05) is 31.6 Å². The van der Waals surface area contributed by atoms with Crippen LogP contribution in [0.4, 0.5) is 0 Å². The third-order valence-corrected chi connectivity index (χ3v) is 4.72. The zero-order valence-corrected chi connectivity index (χ0v) is 15.3. The van der Waals surface area contributed by atoms with E-state index in [1.165, 1.54) is 0 Å². The summed E-state index contributed by atoms with van der Waals surface area (Å²) in [5.74, 6) is 0.866. The van der Waals surface area contributed by atoms with E-state index in [-0.39, 0.29) is 5.91 Å². The van der Waals surface area contributed by atoms with Crippen LogP contribution in [0, 0.1) is 0 Å². The Hall–Kier alpha value is -3.22. The minimum absolute atomic E-state index is 0.116. The van der Waals surface area contributed by atoms with Crippen LogP contribution in [0.25, 0.3) is 16.6 Å². The van der Waals surface area contributed by atoms with Gasteiger partial charge < -0.3 is 5.32 Å². The van der Waals surface area contributed by atoms with Crippen molar-refractivity contribution in [2.75, 3.05) is 6.54 Å². The van der Waals surface area contributed by atoms with Gasteiger partial charge in [-0.1, -0.05) is 30.7 Å². The second-order valence-electron chi connectivity index (χ2n) is 6.60. The number of unbranched alkanes of at least 4 members (excludes halogenated alkanes) is 2. The predicted octanol–water partition coefficient (Wildman–Crippen LogP) is 2.76. The van der Waals surface area contributed by atoms with Crippen molar-refractivity contribution in [2.45, 2.75) is 25.7 Å². The van der Waals surface area contributed by atoms with Crippen LogP contribution in [0.3, 0.4) is 0 Å². The van der Waals surface area contributed by atoms with Crippen molar-refractivity contribution in [1.29, 1.82) is 0 Å². The highest BCUT2D eigenvalue weighted by molar-refractivity contribution is 6.04. The number of hydrogen-bond donors (Lipinski definition) is 1. The number of rotatable bonds is 7. The van der Waals surface area contributed by atoms with E-state index in [1.807, 2.05) is 60.1 Å². The van der Waals surface area contributed by atoms with Crippen molar-refractivity contribution in [1.82, 2.24) is 29.7 Å². The molecule has 1 amide bonds. The van der Waals surface area contributed by atoms with E-state index in [2.05, 4.69) is 20.6 Å². The molecule has 7 nitrogen and oxygen atoms in total. The smallest absolute Gasteiger partial charge is 0.272 e. The molecule has 7 heteroatoms. The summed E-state index contributed by atoms with van der Waals surface area (Å²) in [6, 6.07) is 13.7. The van der Waals surface area contributed by atoms with Crippen molar-refractivity contribution in [2.24, 2.45) is 7.05 Å². The van der Waals surface area contributed by atoms with E-state index in [1.54, 1.807) is 4.68 Å². The molecule has 0 atom stereocenters. The summed E-state index contributed by atoms with van der Waals surface area (Å²) in [5.41, 5.74) is 2.33. The van der Waals surface area contributed by atoms with Gasteiger partial charge in [0.25, 0.3) is 5.91 Å². The zero-order valence-electron chi connectivity index (χ0n) is 15.3. The molecule has 4 rings (SSSR count). The number of amides is 1. The van der Waals surface area contributed by atoms with Crippen molar-refractivity contribution in [3.05, 3.63) is 60.2 Å². The Morgan fingerprint density at radius 3 is 2.81 bits per heavy atom. The van der Waals surface area contributed by atoms with E-state index in [0.717, 1.165) is 48.1 Å². The first-order valence-electron chi connectivity index (χ1n) is 9.22. The Balaban J connectivity index is 1.25. The van der Waals surface area contributed by atoms with Crippen LogP contribution < -0.4 is 5.32 Å². The van der Waals surface area contributed by atoms with Gasteiger partial charge in [-0.3, -0.25) is 13.9 Å². The second-order valence-corrected chi connectivity index (χ2v) is 6.60. The lowest BCUT2D eigenvalue weighted by molar-refractivity contribution is 0.0949. The number of aromatic nitrogens is 5. The maximum atomic E-state index is 12.4. The van der Waals surface area contributed by atoms with Gasteiger partial charge in [0.15, 0.2) is 11.3 Å². The fourth-order valence-electron chi connectivity index (χ4n) is 3.31. The van der Waals surface area contributed by atoms with Crippen molar-refractivity contribution < 1.29 is 4.79 Å². The van der Waals surface area contributed by atoms with Gasteiger partial charge >= 0.3 is 0 Å². The molecule has 0 bridgehead atoms. The standard InChI is InChI=1S/C20H22N6O/c1-25-16-10-5-4-9-15(16)19(24-25)20(27)21-13-7-2-3-11-17-22-23-18-12-6-8-14-26(17)18/h4-6,8-10,12,14H,2-3,7,11,13H2,1H3,(H,21,27). The molecule has 27 heavy (non-hydrogen) atoms. The van der Waals surface area contributed by atoms with E-state index in [4.69, 9.17) is 0 Å². The van der Waals surface area contributed by atoms with Crippen LogP contribution in [0.1, 0.15) is 35.6 Å². The Morgan fingerprint density at radius 2 is 1.89 bits per heavy atom. The van der Waals surface area contributed by atoms with Gasteiger partial charge in [-0.25, -0.2) is 0 Å². The lowest BCUT2D eigenvalue weighted by Crippen LogP contribution is -2.25. The number of fused-ring (bicyclic) bond motifs is 2. The van der Waals surface area contributed by atoms with Crippen LogP contribution in [0.15, 0.2) is 48.7 Å². The number of aryl methyl sites for hydroxylation is 2. The summed E-state index contributed by atoms with van der Waals surface area (Å²) in [4.78, 5) is 12.4. The van der Waals surface area contributed by atoms with E-state index in [0.29, 0.717) is 12.2 Å². The molecule has 0 radical (unpaired) electrons. The third-order valence-electron chi connectivity index (χ3n) is 4.72. The molecule has 0 saturated heterocycles. The Labute approximate surface area is 157 Å². The molecule has 0 aliphatic heterocycles. The van der Waals surface area contributed by atoms with Gasteiger partial charge in [0.05, 0.1) is 5.52 Å². The van der Waals surface area contributed by atoms with Gasteiger partial charge in [0.1, 0.15) is 5.82 Å². The average molecular weight is 362 g/mol. The lowest BCUT2D eigenvalue weighted by atomic mass is 10.1. The second kappa shape index (κ2) is 7.57. The number of nitrogens with zero attached hydrogens (tertiary/aromatic N) is 5. The minimum Gasteiger partial charge on any atom is -0.351 e. The van der Waals surface area contributed by atoms with Gasteiger partial charge in [-0.05, 0) is 31.0 Å². The molecule has 0 spiro atoms. The summed E-state index contributed by atoms with van der Waals surface area (Å²) in [6.45, 7) is 0.643. The van der Waals surface area contributed by atoms with Crippen molar-refractivity contribution in [3.8, 4) is 0 Å². The summed E-state index contributed by atoms with van der Waals surface area (Å²) in [7, 11) is 1.85. The van der Waals surface area contributed by atoms with Gasteiger partial charge in [-0.2, -0.15) is 5.10 Å². The van der Waals surface area contributed by atoms with E-state index < -0.39 is 0 Å². The van der Waals surface area contributed by atoms with E-state index in [9.17, 15) is 4.79 Å². The van der Waals surface area contributed by atoms with Crippen LogP contribution in [0.2, 0.25) is 0 Å². The molecule has 0 saturated carbocycles. The molecule has 1 aromatic carbocycles. The van der Waals surface area contributed by atoms with Gasteiger partial charge in [-0.15, -0.1) is 10.2 Å². The molecule has 0 aliphatic carbocycles. The van der Waals surface area contributed by atoms with Gasteiger partial charge in [0.2, 0.25) is 0 Å². The highest BCUT2D eigenvalue weighted by atomic mass is 16.1. The first-order valence-corrected chi connectivity index (χ1v) is 9.22. The first-order chi connectivity index (χ1) is 13.2.